The maximum Gasteiger partial charge on any atom is 0.270 e. The van der Waals surface area contributed by atoms with Crippen LogP contribution in [0.15, 0.2) is 58.2 Å². The molecule has 0 amide bonds. The smallest absolute Gasteiger partial charge is 0.270 e. The molecule has 0 saturated carbocycles. The van der Waals surface area contributed by atoms with E-state index in [1.807, 2.05) is 18.2 Å². The zero-order valence-electron chi connectivity index (χ0n) is 17.3. The number of hydrogen-bond donors (Lipinski definition) is 1. The summed E-state index contributed by atoms with van der Waals surface area (Å²) >= 11 is 0. The van der Waals surface area contributed by atoms with E-state index in [2.05, 4.69) is 14.9 Å². The summed E-state index contributed by atoms with van der Waals surface area (Å²) < 4.78 is 51.0. The largest absolute Gasteiger partial charge is 0.495 e. The van der Waals surface area contributed by atoms with Crippen LogP contribution in [-0.2, 0) is 16.4 Å². The molecule has 2 aromatic heterocycles. The number of hydrogen-bond acceptors (Lipinski definition) is 8. The van der Waals surface area contributed by atoms with E-state index < -0.39 is 10.0 Å². The maximum atomic E-state index is 13.3. The molecule has 2 aromatic carbocycles. The number of benzene rings is 2. The molecular formula is C22H19N3O6S. The van der Waals surface area contributed by atoms with Gasteiger partial charge in [0.15, 0.2) is 16.3 Å². The van der Waals surface area contributed by atoms with Crippen molar-refractivity contribution in [1.82, 2.24) is 10.1 Å². The first-order valence-electron chi connectivity index (χ1n) is 9.75. The molecule has 0 atom stereocenters. The minimum absolute atomic E-state index is 0.0313. The lowest BCUT2D eigenvalue weighted by molar-refractivity contribution is 0.360. The van der Waals surface area contributed by atoms with Gasteiger partial charge in [-0.1, -0.05) is 17.3 Å². The van der Waals surface area contributed by atoms with Crippen molar-refractivity contribution in [3.05, 3.63) is 54.4 Å². The van der Waals surface area contributed by atoms with E-state index in [1.54, 1.807) is 30.6 Å². The van der Waals surface area contributed by atoms with Crippen LogP contribution in [0.2, 0.25) is 0 Å². The van der Waals surface area contributed by atoms with Crippen molar-refractivity contribution in [2.75, 3.05) is 25.5 Å². The van der Waals surface area contributed by atoms with Crippen LogP contribution >= 0.6 is 0 Å². The molecule has 0 radical (unpaired) electrons. The molecule has 0 saturated heterocycles. The third kappa shape index (κ3) is 3.19. The standard InChI is InChI=1S/C22H19N3O6S/c1-28-16-6-3-7-17(29-2)21(16)32(26,27)25-22-19-18(31-24-22)11-15(13-5-4-9-23-12-13)14-8-10-30-20(14)19/h3-7,9,11-12H,8,10H2,1-2H3,(H,24,25). The summed E-state index contributed by atoms with van der Waals surface area (Å²) in [5.41, 5.74) is 3.17. The number of anilines is 1. The van der Waals surface area contributed by atoms with Crippen LogP contribution in [0.1, 0.15) is 5.56 Å². The number of ether oxygens (including phenoxy) is 3. The molecule has 1 N–H and O–H groups in total. The summed E-state index contributed by atoms with van der Waals surface area (Å²) in [5.74, 6) is 0.867. The van der Waals surface area contributed by atoms with Crippen molar-refractivity contribution >= 4 is 26.8 Å². The van der Waals surface area contributed by atoms with Gasteiger partial charge in [-0.05, 0) is 29.8 Å². The lowest BCUT2D eigenvalue weighted by atomic mass is 9.97. The zero-order valence-corrected chi connectivity index (χ0v) is 18.1. The molecule has 0 unspecified atom stereocenters. The summed E-state index contributed by atoms with van der Waals surface area (Å²) in [6.07, 6.45) is 4.13. The predicted octanol–water partition coefficient (Wildman–Crippen LogP) is 3.64. The Morgan fingerprint density at radius 3 is 2.56 bits per heavy atom. The molecule has 10 heteroatoms. The Balaban J connectivity index is 1.64. The molecule has 32 heavy (non-hydrogen) atoms. The number of methoxy groups -OCH3 is 2. The number of aromatic nitrogens is 2. The number of rotatable bonds is 6. The van der Waals surface area contributed by atoms with Gasteiger partial charge >= 0.3 is 0 Å². The summed E-state index contributed by atoms with van der Waals surface area (Å²) in [6.45, 7) is 0.472. The molecule has 1 aliphatic heterocycles. The minimum Gasteiger partial charge on any atom is -0.495 e. The highest BCUT2D eigenvalue weighted by Crippen LogP contribution is 2.45. The van der Waals surface area contributed by atoms with E-state index in [0.717, 1.165) is 16.7 Å². The van der Waals surface area contributed by atoms with E-state index in [-0.39, 0.29) is 22.2 Å². The Morgan fingerprint density at radius 2 is 1.88 bits per heavy atom. The fraction of sp³-hybridized carbons (Fsp3) is 0.182. The molecule has 9 nitrogen and oxygen atoms in total. The quantitative estimate of drug-likeness (QED) is 0.471. The SMILES string of the molecule is COc1cccc(OC)c1S(=O)(=O)Nc1noc2cc(-c3cccnc3)c3c(c12)OCC3. The predicted molar refractivity (Wildman–Crippen MR) is 117 cm³/mol. The Labute approximate surface area is 184 Å². The number of sulfonamides is 1. The number of fused-ring (bicyclic) bond motifs is 3. The van der Waals surface area contributed by atoms with E-state index in [4.69, 9.17) is 18.7 Å². The van der Waals surface area contributed by atoms with E-state index in [9.17, 15) is 8.42 Å². The highest BCUT2D eigenvalue weighted by molar-refractivity contribution is 7.93. The van der Waals surface area contributed by atoms with Crippen molar-refractivity contribution in [2.24, 2.45) is 0 Å². The first-order valence-corrected chi connectivity index (χ1v) is 11.2. The second-order valence-electron chi connectivity index (χ2n) is 7.07. The van der Waals surface area contributed by atoms with Gasteiger partial charge in [-0.25, -0.2) is 8.42 Å². The van der Waals surface area contributed by atoms with Crippen LogP contribution in [0, 0.1) is 0 Å². The van der Waals surface area contributed by atoms with Gasteiger partial charge in [0.2, 0.25) is 0 Å². The van der Waals surface area contributed by atoms with Gasteiger partial charge < -0.3 is 18.7 Å². The van der Waals surface area contributed by atoms with Gasteiger partial charge in [-0.2, -0.15) is 0 Å². The second-order valence-corrected chi connectivity index (χ2v) is 8.69. The lowest BCUT2D eigenvalue weighted by Gasteiger charge is -2.14. The summed E-state index contributed by atoms with van der Waals surface area (Å²) in [4.78, 5) is 4.05. The highest BCUT2D eigenvalue weighted by Gasteiger charge is 2.30. The molecule has 0 fully saturated rings. The van der Waals surface area contributed by atoms with Gasteiger partial charge in [0.1, 0.15) is 22.6 Å². The number of pyridine rings is 1. The normalized spacial score (nSPS) is 12.9. The number of nitrogens with zero attached hydrogens (tertiary/aromatic N) is 2. The second kappa shape index (κ2) is 7.72. The molecule has 0 spiro atoms. The van der Waals surface area contributed by atoms with E-state index in [1.165, 1.54) is 14.2 Å². The van der Waals surface area contributed by atoms with Crippen LogP contribution < -0.4 is 18.9 Å². The van der Waals surface area contributed by atoms with Crippen LogP contribution in [0.3, 0.4) is 0 Å². The molecule has 0 aliphatic carbocycles. The molecule has 0 bridgehead atoms. The van der Waals surface area contributed by atoms with Gasteiger partial charge in [0, 0.05) is 29.9 Å². The Bertz CT molecular complexity index is 1390. The molecule has 4 aromatic rings. The van der Waals surface area contributed by atoms with Crippen LogP contribution in [0.5, 0.6) is 17.2 Å². The fourth-order valence-corrected chi connectivity index (χ4v) is 5.21. The lowest BCUT2D eigenvalue weighted by Crippen LogP contribution is -2.15. The average molecular weight is 453 g/mol. The number of nitrogens with one attached hydrogen (secondary N) is 1. The Kier molecular flexibility index (Phi) is 4.86. The highest BCUT2D eigenvalue weighted by atomic mass is 32.2. The third-order valence-corrected chi connectivity index (χ3v) is 6.68. The first-order chi connectivity index (χ1) is 15.5. The zero-order chi connectivity index (χ0) is 22.3. The van der Waals surface area contributed by atoms with Crippen LogP contribution in [0.25, 0.3) is 22.1 Å². The maximum absolute atomic E-state index is 13.3. The molecule has 164 valence electrons. The van der Waals surface area contributed by atoms with Crippen molar-refractivity contribution in [3.8, 4) is 28.4 Å². The van der Waals surface area contributed by atoms with Crippen molar-refractivity contribution in [1.29, 1.82) is 0 Å². The Hall–Kier alpha value is -3.79. The Morgan fingerprint density at radius 1 is 1.09 bits per heavy atom. The van der Waals surface area contributed by atoms with Crippen LogP contribution in [0.4, 0.5) is 5.82 Å². The van der Waals surface area contributed by atoms with Crippen molar-refractivity contribution in [3.63, 3.8) is 0 Å². The van der Waals surface area contributed by atoms with Gasteiger partial charge in [-0.15, -0.1) is 0 Å². The fourth-order valence-electron chi connectivity index (χ4n) is 3.88. The minimum atomic E-state index is -4.13. The molecule has 1 aliphatic rings. The topological polar surface area (TPSA) is 113 Å². The molecule has 3 heterocycles. The monoisotopic (exact) mass is 453 g/mol. The van der Waals surface area contributed by atoms with Crippen LogP contribution in [-0.4, -0.2) is 39.4 Å². The third-order valence-electron chi connectivity index (χ3n) is 5.27. The van der Waals surface area contributed by atoms with Gasteiger partial charge in [0.25, 0.3) is 10.0 Å². The van der Waals surface area contributed by atoms with Gasteiger partial charge in [-0.3, -0.25) is 9.71 Å². The van der Waals surface area contributed by atoms with Crippen molar-refractivity contribution < 1.29 is 27.2 Å². The summed E-state index contributed by atoms with van der Waals surface area (Å²) in [5, 5.41) is 4.45. The average Bonchev–Trinajstić information content (AvgIpc) is 3.45. The first kappa shape index (κ1) is 20.1. The molecular weight excluding hydrogens is 434 g/mol. The summed E-state index contributed by atoms with van der Waals surface area (Å²) in [7, 11) is -1.35. The van der Waals surface area contributed by atoms with E-state index >= 15 is 0 Å². The van der Waals surface area contributed by atoms with Gasteiger partial charge in [0.05, 0.1) is 20.8 Å². The van der Waals surface area contributed by atoms with Crippen molar-refractivity contribution in [2.45, 2.75) is 11.3 Å². The summed E-state index contributed by atoms with van der Waals surface area (Å²) in [6, 6.07) is 10.3. The van der Waals surface area contributed by atoms with E-state index in [0.29, 0.717) is 29.7 Å². The molecule has 5 rings (SSSR count).